The maximum Gasteiger partial charge on any atom is 0.276 e. The van der Waals surface area contributed by atoms with Gasteiger partial charge in [0.1, 0.15) is 11.0 Å². The fourth-order valence-electron chi connectivity index (χ4n) is 2.58. The van der Waals surface area contributed by atoms with E-state index in [2.05, 4.69) is 25.5 Å². The van der Waals surface area contributed by atoms with E-state index >= 15 is 0 Å². The molecule has 0 bridgehead atoms. The van der Waals surface area contributed by atoms with Crippen molar-refractivity contribution in [2.45, 2.75) is 18.2 Å². The molecular formula is C18H16N6O3S. The third-order valence-electron chi connectivity index (χ3n) is 4.04. The zero-order chi connectivity index (χ0) is 19.3. The second kappa shape index (κ2) is 8.17. The zero-order valence-corrected chi connectivity index (χ0v) is 15.8. The number of aromatic nitrogens is 5. The molecule has 142 valence electrons. The van der Waals surface area contributed by atoms with E-state index in [9.17, 15) is 4.79 Å². The molecule has 1 amide bonds. The molecule has 0 aliphatic carbocycles. The van der Waals surface area contributed by atoms with E-state index in [0.29, 0.717) is 40.9 Å². The van der Waals surface area contributed by atoms with E-state index in [1.54, 1.807) is 36.5 Å². The number of amides is 1. The Balaban J connectivity index is 1.27. The van der Waals surface area contributed by atoms with Crippen LogP contribution in [0.5, 0.6) is 0 Å². The number of hydrogen-bond donors (Lipinski definition) is 0. The average molecular weight is 396 g/mol. The topological polar surface area (TPSA) is 111 Å². The number of hydrogen-bond acceptors (Lipinski definition) is 9. The normalized spacial score (nSPS) is 11.0. The van der Waals surface area contributed by atoms with E-state index < -0.39 is 0 Å². The summed E-state index contributed by atoms with van der Waals surface area (Å²) in [6.07, 6.45) is 3.69. The molecule has 0 aliphatic rings. The summed E-state index contributed by atoms with van der Waals surface area (Å²) in [5, 5.41) is 16.0. The largest absolute Gasteiger partial charge is 0.411 e. The van der Waals surface area contributed by atoms with Gasteiger partial charge in [-0.25, -0.2) is 4.63 Å². The van der Waals surface area contributed by atoms with Gasteiger partial charge in [-0.05, 0) is 40.1 Å². The summed E-state index contributed by atoms with van der Waals surface area (Å²) in [5.74, 6) is 1.01. The highest BCUT2D eigenvalue weighted by atomic mass is 32.2. The highest BCUT2D eigenvalue weighted by molar-refractivity contribution is 7.99. The lowest BCUT2D eigenvalue weighted by atomic mass is 10.2. The molecule has 1 aromatic carbocycles. The quantitative estimate of drug-likeness (QED) is 0.435. The second-order valence-electron chi connectivity index (χ2n) is 6.04. The number of thioether (sulfide) groups is 1. The van der Waals surface area contributed by atoms with Crippen molar-refractivity contribution in [1.82, 2.24) is 30.4 Å². The van der Waals surface area contributed by atoms with Crippen LogP contribution in [0.1, 0.15) is 12.0 Å². The van der Waals surface area contributed by atoms with E-state index in [-0.39, 0.29) is 5.91 Å². The van der Waals surface area contributed by atoms with Crippen LogP contribution in [0.3, 0.4) is 0 Å². The summed E-state index contributed by atoms with van der Waals surface area (Å²) >= 11 is 1.36. The van der Waals surface area contributed by atoms with Crippen molar-refractivity contribution >= 4 is 28.7 Å². The molecule has 0 unspecified atom stereocenters. The van der Waals surface area contributed by atoms with Gasteiger partial charge in [-0.3, -0.25) is 9.78 Å². The summed E-state index contributed by atoms with van der Waals surface area (Å²) in [6.45, 7) is 0.485. The van der Waals surface area contributed by atoms with E-state index in [1.807, 2.05) is 18.2 Å². The van der Waals surface area contributed by atoms with Gasteiger partial charge in [0.2, 0.25) is 11.8 Å². The number of benzene rings is 1. The first kappa shape index (κ1) is 18.1. The van der Waals surface area contributed by atoms with Crippen LogP contribution in [-0.4, -0.2) is 49.1 Å². The Bertz CT molecular complexity index is 1080. The molecule has 0 saturated carbocycles. The van der Waals surface area contributed by atoms with Gasteiger partial charge in [0.05, 0.1) is 0 Å². The van der Waals surface area contributed by atoms with Crippen LogP contribution >= 0.6 is 11.8 Å². The van der Waals surface area contributed by atoms with Crippen LogP contribution in [0.15, 0.2) is 57.0 Å². The maximum atomic E-state index is 12.4. The second-order valence-corrected chi connectivity index (χ2v) is 7.09. The van der Waals surface area contributed by atoms with Gasteiger partial charge in [-0.2, -0.15) is 0 Å². The molecule has 3 heterocycles. The van der Waals surface area contributed by atoms with Crippen molar-refractivity contribution in [3.05, 3.63) is 48.3 Å². The van der Waals surface area contributed by atoms with Crippen molar-refractivity contribution in [3.8, 4) is 11.5 Å². The first-order chi connectivity index (χ1) is 13.7. The summed E-state index contributed by atoms with van der Waals surface area (Å²) in [6, 6.07) is 9.19. The first-order valence-electron chi connectivity index (χ1n) is 8.51. The molecule has 28 heavy (non-hydrogen) atoms. The van der Waals surface area contributed by atoms with Gasteiger partial charge in [0.25, 0.3) is 5.22 Å². The molecule has 0 fully saturated rings. The fraction of sp³-hybridized carbons (Fsp3) is 0.222. The third kappa shape index (κ3) is 4.17. The lowest BCUT2D eigenvalue weighted by Gasteiger charge is -2.16. The summed E-state index contributed by atoms with van der Waals surface area (Å²) < 4.78 is 10.3. The monoisotopic (exact) mass is 396 g/mol. The third-order valence-corrected chi connectivity index (χ3v) is 4.86. The number of nitrogens with zero attached hydrogens (tertiary/aromatic N) is 6. The van der Waals surface area contributed by atoms with Crippen molar-refractivity contribution in [3.63, 3.8) is 0 Å². The van der Waals surface area contributed by atoms with Crippen LogP contribution in [0.4, 0.5) is 0 Å². The Morgan fingerprint density at radius 1 is 1.11 bits per heavy atom. The molecular weight excluding hydrogens is 380 g/mol. The highest BCUT2D eigenvalue weighted by Gasteiger charge is 2.13. The smallest absolute Gasteiger partial charge is 0.276 e. The minimum absolute atomic E-state index is 0.0275. The first-order valence-corrected chi connectivity index (χ1v) is 9.49. The van der Waals surface area contributed by atoms with Gasteiger partial charge in [0, 0.05) is 43.7 Å². The number of rotatable bonds is 7. The fourth-order valence-corrected chi connectivity index (χ4v) is 3.27. The lowest BCUT2D eigenvalue weighted by Crippen LogP contribution is -2.26. The molecule has 10 heteroatoms. The molecule has 0 spiro atoms. The van der Waals surface area contributed by atoms with E-state index in [1.165, 1.54) is 11.8 Å². The highest BCUT2D eigenvalue weighted by Crippen LogP contribution is 2.23. The zero-order valence-electron chi connectivity index (χ0n) is 15.0. The summed E-state index contributed by atoms with van der Waals surface area (Å²) in [7, 11) is 1.77. The molecule has 0 atom stereocenters. The van der Waals surface area contributed by atoms with Crippen molar-refractivity contribution in [2.24, 2.45) is 0 Å². The van der Waals surface area contributed by atoms with Gasteiger partial charge in [0.15, 0.2) is 0 Å². The summed E-state index contributed by atoms with van der Waals surface area (Å²) in [5.41, 5.74) is 3.14. The number of carbonyl (C=O) groups excluding carboxylic acids is 1. The Hall–Kier alpha value is -3.27. The predicted molar refractivity (Wildman–Crippen MR) is 101 cm³/mol. The minimum Gasteiger partial charge on any atom is -0.411 e. The molecule has 0 radical (unpaired) electrons. The molecule has 0 saturated heterocycles. The number of carbonyl (C=O) groups is 1. The van der Waals surface area contributed by atoms with Gasteiger partial charge in [-0.1, -0.05) is 17.8 Å². The van der Waals surface area contributed by atoms with Gasteiger partial charge in [-0.15, -0.1) is 10.2 Å². The van der Waals surface area contributed by atoms with Crippen molar-refractivity contribution in [1.29, 1.82) is 0 Å². The number of fused-ring (bicyclic) bond motifs is 1. The van der Waals surface area contributed by atoms with Crippen LogP contribution in [0.2, 0.25) is 0 Å². The van der Waals surface area contributed by atoms with E-state index in [0.717, 1.165) is 11.1 Å². The lowest BCUT2D eigenvalue weighted by molar-refractivity contribution is -0.129. The Morgan fingerprint density at radius 2 is 1.93 bits per heavy atom. The maximum absolute atomic E-state index is 12.4. The molecule has 4 rings (SSSR count). The Labute approximate surface area is 164 Å². The van der Waals surface area contributed by atoms with Gasteiger partial charge < -0.3 is 9.32 Å². The summed E-state index contributed by atoms with van der Waals surface area (Å²) in [4.78, 5) is 18.0. The molecule has 0 N–H and O–H groups in total. The SMILES string of the molecule is CN(Cc1ccc2nonc2c1)C(=O)CCSc1nnc(-c2ccncc2)o1. The van der Waals surface area contributed by atoms with Crippen LogP contribution < -0.4 is 0 Å². The van der Waals surface area contributed by atoms with Crippen LogP contribution in [0, 0.1) is 0 Å². The van der Waals surface area contributed by atoms with Gasteiger partial charge >= 0.3 is 0 Å². The number of pyridine rings is 1. The molecule has 3 aromatic heterocycles. The Kier molecular flexibility index (Phi) is 5.29. The van der Waals surface area contributed by atoms with Crippen molar-refractivity contribution < 1.29 is 13.8 Å². The van der Waals surface area contributed by atoms with Crippen molar-refractivity contribution in [2.75, 3.05) is 12.8 Å². The van der Waals surface area contributed by atoms with Crippen LogP contribution in [0.25, 0.3) is 22.5 Å². The standard InChI is InChI=1S/C18H16N6O3S/c1-24(11-12-2-3-14-15(10-12)23-27-22-14)16(25)6-9-28-18-21-20-17(26-18)13-4-7-19-8-5-13/h2-5,7-8,10H,6,9,11H2,1H3. The molecule has 4 aromatic rings. The molecule has 0 aliphatic heterocycles. The average Bonchev–Trinajstić information content (AvgIpc) is 3.37. The predicted octanol–water partition coefficient (Wildman–Crippen LogP) is 2.81. The van der Waals surface area contributed by atoms with Crippen LogP contribution in [-0.2, 0) is 11.3 Å². The molecule has 9 nitrogen and oxygen atoms in total. The minimum atomic E-state index is 0.0275. The Morgan fingerprint density at radius 3 is 2.79 bits per heavy atom. The van der Waals surface area contributed by atoms with E-state index in [4.69, 9.17) is 9.05 Å².